The van der Waals surface area contributed by atoms with E-state index in [0.717, 1.165) is 15.9 Å². The van der Waals surface area contributed by atoms with Crippen LogP contribution in [0.1, 0.15) is 28.8 Å². The van der Waals surface area contributed by atoms with Gasteiger partial charge >= 0.3 is 5.97 Å². The van der Waals surface area contributed by atoms with Gasteiger partial charge in [-0.1, -0.05) is 41.6 Å². The zero-order chi connectivity index (χ0) is 24.5. The minimum absolute atomic E-state index is 0.0729. The van der Waals surface area contributed by atoms with Crippen LogP contribution in [0.2, 0.25) is 0 Å². The number of amides is 1. The van der Waals surface area contributed by atoms with Gasteiger partial charge in [0.1, 0.15) is 0 Å². The number of nitrogens with one attached hydrogen (secondary N) is 1. The van der Waals surface area contributed by atoms with Crippen molar-refractivity contribution in [1.29, 1.82) is 0 Å². The molecular weight excluding hydrogens is 456 g/mol. The molecule has 0 heterocycles. The number of aryl methyl sites for hydroxylation is 1. The highest BCUT2D eigenvalue weighted by Crippen LogP contribution is 2.28. The van der Waals surface area contributed by atoms with E-state index < -0.39 is 23.3 Å². The fourth-order valence-electron chi connectivity index (χ4n) is 2.88. The number of benzene rings is 3. The first-order chi connectivity index (χ1) is 16.3. The summed E-state index contributed by atoms with van der Waals surface area (Å²) < 4.78 is 4.90. The van der Waals surface area contributed by atoms with E-state index in [2.05, 4.69) is 5.32 Å². The summed E-state index contributed by atoms with van der Waals surface area (Å²) in [5.41, 5.74) is 1.65. The maximum absolute atomic E-state index is 12.1. The van der Waals surface area contributed by atoms with Gasteiger partial charge < -0.3 is 10.1 Å². The molecular formula is C25H22N2O6S. The number of anilines is 1. The molecule has 0 fully saturated rings. The van der Waals surface area contributed by atoms with E-state index in [9.17, 15) is 24.5 Å². The highest BCUT2D eigenvalue weighted by Gasteiger charge is 2.14. The number of rotatable bonds is 10. The van der Waals surface area contributed by atoms with Crippen LogP contribution in [-0.4, -0.2) is 29.2 Å². The molecule has 0 atom stereocenters. The predicted molar refractivity (Wildman–Crippen MR) is 128 cm³/mol. The molecule has 3 aromatic rings. The van der Waals surface area contributed by atoms with Crippen LogP contribution in [-0.2, 0) is 14.3 Å². The van der Waals surface area contributed by atoms with Gasteiger partial charge in [-0.25, -0.2) is 0 Å². The fourth-order valence-corrected chi connectivity index (χ4v) is 3.70. The number of ether oxygens (including phenoxy) is 1. The number of non-ortho nitro benzene ring substituents is 1. The van der Waals surface area contributed by atoms with Crippen molar-refractivity contribution in [3.8, 4) is 0 Å². The summed E-state index contributed by atoms with van der Waals surface area (Å²) in [6.45, 7) is 1.48. The molecule has 0 saturated heterocycles. The van der Waals surface area contributed by atoms with Crippen LogP contribution >= 0.6 is 11.8 Å². The monoisotopic (exact) mass is 478 g/mol. The smallest absolute Gasteiger partial charge is 0.306 e. The van der Waals surface area contributed by atoms with Gasteiger partial charge in [-0.15, -0.1) is 0 Å². The third-order valence-corrected chi connectivity index (χ3v) is 5.71. The summed E-state index contributed by atoms with van der Waals surface area (Å²) in [6, 6.07) is 20.7. The average Bonchev–Trinajstić information content (AvgIpc) is 2.84. The van der Waals surface area contributed by atoms with E-state index in [4.69, 9.17) is 4.74 Å². The summed E-state index contributed by atoms with van der Waals surface area (Å²) in [6.07, 6.45) is -0.306. The van der Waals surface area contributed by atoms with Gasteiger partial charge in [0.25, 0.3) is 5.69 Å². The van der Waals surface area contributed by atoms with Crippen molar-refractivity contribution in [2.45, 2.75) is 29.6 Å². The third-order valence-electron chi connectivity index (χ3n) is 4.69. The molecule has 174 valence electrons. The van der Waals surface area contributed by atoms with Crippen LogP contribution in [0.25, 0.3) is 0 Å². The van der Waals surface area contributed by atoms with Crippen LogP contribution < -0.4 is 5.32 Å². The molecule has 0 radical (unpaired) electrons. The Morgan fingerprint density at radius 2 is 1.59 bits per heavy atom. The fraction of sp³-hybridized carbons (Fsp3) is 0.160. The SMILES string of the molecule is Cc1ccc(Sc2ccc(NC(=O)CCC(=O)OCC(=O)c3cccc([N+](=O)[O-])c3)cc2)cc1. The van der Waals surface area contributed by atoms with E-state index in [0.29, 0.717) is 5.69 Å². The Labute approximate surface area is 200 Å². The molecule has 1 N–H and O–H groups in total. The van der Waals surface area contributed by atoms with E-state index in [1.54, 1.807) is 23.9 Å². The van der Waals surface area contributed by atoms with E-state index in [-0.39, 0.29) is 30.0 Å². The standard InChI is InChI=1S/C25H22N2O6S/c1-17-5-9-21(10-6-17)34-22-11-7-19(8-12-22)26-24(29)13-14-25(30)33-16-23(28)18-3-2-4-20(15-18)27(31)32/h2-12,15H,13-14,16H2,1H3,(H,26,29). The van der Waals surface area contributed by atoms with Crippen LogP contribution in [0, 0.1) is 17.0 Å². The molecule has 3 aromatic carbocycles. The molecule has 1 amide bonds. The number of hydrogen-bond acceptors (Lipinski definition) is 7. The zero-order valence-corrected chi connectivity index (χ0v) is 19.2. The lowest BCUT2D eigenvalue weighted by Crippen LogP contribution is -2.17. The molecule has 0 aromatic heterocycles. The summed E-state index contributed by atoms with van der Waals surface area (Å²) in [7, 11) is 0. The number of hydrogen-bond donors (Lipinski definition) is 1. The van der Waals surface area contributed by atoms with Crippen molar-refractivity contribution in [2.24, 2.45) is 0 Å². The second-order valence-electron chi connectivity index (χ2n) is 7.38. The minimum Gasteiger partial charge on any atom is -0.457 e. The Hall–Kier alpha value is -3.98. The molecule has 3 rings (SSSR count). The molecule has 0 unspecified atom stereocenters. The Balaban J connectivity index is 1.40. The lowest BCUT2D eigenvalue weighted by Gasteiger charge is -2.07. The van der Waals surface area contributed by atoms with Crippen molar-refractivity contribution in [1.82, 2.24) is 0 Å². The first kappa shape index (κ1) is 24.7. The van der Waals surface area contributed by atoms with Gasteiger partial charge in [0, 0.05) is 39.6 Å². The molecule has 34 heavy (non-hydrogen) atoms. The Morgan fingerprint density at radius 1 is 0.941 bits per heavy atom. The maximum Gasteiger partial charge on any atom is 0.306 e. The van der Waals surface area contributed by atoms with Crippen LogP contribution in [0.4, 0.5) is 11.4 Å². The second kappa shape index (κ2) is 11.8. The lowest BCUT2D eigenvalue weighted by molar-refractivity contribution is -0.384. The Morgan fingerprint density at radius 3 is 2.24 bits per heavy atom. The summed E-state index contributed by atoms with van der Waals surface area (Å²) >= 11 is 1.61. The van der Waals surface area contributed by atoms with Crippen molar-refractivity contribution in [3.05, 3.63) is 94.0 Å². The van der Waals surface area contributed by atoms with Gasteiger partial charge in [-0.2, -0.15) is 0 Å². The number of carbonyl (C=O) groups excluding carboxylic acids is 3. The average molecular weight is 479 g/mol. The van der Waals surface area contributed by atoms with Crippen molar-refractivity contribution < 1.29 is 24.0 Å². The quantitative estimate of drug-likeness (QED) is 0.184. The van der Waals surface area contributed by atoms with Crippen molar-refractivity contribution >= 4 is 40.8 Å². The highest BCUT2D eigenvalue weighted by molar-refractivity contribution is 7.99. The van der Waals surface area contributed by atoms with Crippen molar-refractivity contribution in [3.63, 3.8) is 0 Å². The maximum atomic E-state index is 12.1. The number of esters is 1. The molecule has 0 bridgehead atoms. The number of ketones is 1. The first-order valence-electron chi connectivity index (χ1n) is 10.4. The normalized spacial score (nSPS) is 10.4. The number of nitro groups is 1. The predicted octanol–water partition coefficient (Wildman–Crippen LogP) is 5.20. The molecule has 0 aliphatic heterocycles. The van der Waals surface area contributed by atoms with Gasteiger partial charge in [0.15, 0.2) is 6.61 Å². The largest absolute Gasteiger partial charge is 0.457 e. The molecule has 0 aliphatic rings. The number of nitrogens with zero attached hydrogens (tertiary/aromatic N) is 1. The van der Waals surface area contributed by atoms with Gasteiger partial charge in [-0.05, 0) is 43.3 Å². The lowest BCUT2D eigenvalue weighted by atomic mass is 10.1. The summed E-state index contributed by atoms with van der Waals surface area (Å²) in [5.74, 6) is -1.63. The third kappa shape index (κ3) is 7.56. The molecule has 8 nitrogen and oxygen atoms in total. The summed E-state index contributed by atoms with van der Waals surface area (Å²) in [4.78, 5) is 48.4. The van der Waals surface area contributed by atoms with Gasteiger partial charge in [0.2, 0.25) is 11.7 Å². The second-order valence-corrected chi connectivity index (χ2v) is 8.53. The molecule has 9 heteroatoms. The molecule has 0 aliphatic carbocycles. The Kier molecular flexibility index (Phi) is 8.53. The van der Waals surface area contributed by atoms with E-state index in [1.165, 1.54) is 23.8 Å². The van der Waals surface area contributed by atoms with E-state index in [1.807, 2.05) is 43.3 Å². The molecule has 0 spiro atoms. The highest BCUT2D eigenvalue weighted by atomic mass is 32.2. The minimum atomic E-state index is -0.709. The van der Waals surface area contributed by atoms with Crippen LogP contribution in [0.5, 0.6) is 0 Å². The first-order valence-corrected chi connectivity index (χ1v) is 11.2. The van der Waals surface area contributed by atoms with Gasteiger partial charge in [0.05, 0.1) is 11.3 Å². The number of carbonyl (C=O) groups is 3. The van der Waals surface area contributed by atoms with Gasteiger partial charge in [-0.3, -0.25) is 24.5 Å². The zero-order valence-electron chi connectivity index (χ0n) is 18.4. The van der Waals surface area contributed by atoms with Crippen molar-refractivity contribution in [2.75, 3.05) is 11.9 Å². The number of Topliss-reactive ketones (excluding diaryl/α,β-unsaturated/α-hetero) is 1. The summed E-state index contributed by atoms with van der Waals surface area (Å²) in [5, 5.41) is 13.5. The topological polar surface area (TPSA) is 116 Å². The molecule has 0 saturated carbocycles. The number of nitro benzene ring substituents is 1. The Bertz CT molecular complexity index is 1190. The van der Waals surface area contributed by atoms with E-state index >= 15 is 0 Å². The van der Waals surface area contributed by atoms with Crippen LogP contribution in [0.3, 0.4) is 0 Å². The van der Waals surface area contributed by atoms with Crippen LogP contribution in [0.15, 0.2) is 82.6 Å².